The Kier molecular flexibility index (Phi) is 3.62. The SMILES string of the molecule is CC(C(=O)c1cccc(Cl)c1)n1ccc([N+](=O)[O-])n1. The number of carbonyl (C=O) groups excluding carboxylic acids is 1. The van der Waals surface area contributed by atoms with Crippen LogP contribution in [0.5, 0.6) is 0 Å². The van der Waals surface area contributed by atoms with Gasteiger partial charge in [0.15, 0.2) is 5.78 Å². The van der Waals surface area contributed by atoms with Crippen LogP contribution in [0.2, 0.25) is 5.02 Å². The van der Waals surface area contributed by atoms with E-state index in [1.54, 1.807) is 31.2 Å². The van der Waals surface area contributed by atoms with Crippen LogP contribution in [0.25, 0.3) is 0 Å². The smallest absolute Gasteiger partial charge is 0.358 e. The van der Waals surface area contributed by atoms with Gasteiger partial charge in [-0.05, 0) is 24.0 Å². The number of benzene rings is 1. The molecule has 1 aromatic carbocycles. The minimum absolute atomic E-state index is 0.208. The van der Waals surface area contributed by atoms with Crippen molar-refractivity contribution in [1.82, 2.24) is 9.78 Å². The number of halogens is 1. The van der Waals surface area contributed by atoms with Gasteiger partial charge in [-0.2, -0.15) is 4.68 Å². The summed E-state index contributed by atoms with van der Waals surface area (Å²) >= 11 is 5.82. The maximum Gasteiger partial charge on any atom is 0.389 e. The van der Waals surface area contributed by atoms with Gasteiger partial charge in [0.25, 0.3) is 0 Å². The van der Waals surface area contributed by atoms with Crippen LogP contribution in [0.4, 0.5) is 5.82 Å². The van der Waals surface area contributed by atoms with E-state index >= 15 is 0 Å². The molecular weight excluding hydrogens is 270 g/mol. The van der Waals surface area contributed by atoms with E-state index < -0.39 is 11.0 Å². The van der Waals surface area contributed by atoms with E-state index in [2.05, 4.69) is 5.10 Å². The van der Waals surface area contributed by atoms with Gasteiger partial charge in [0.05, 0.1) is 17.4 Å². The van der Waals surface area contributed by atoms with Crippen LogP contribution in [0, 0.1) is 10.1 Å². The van der Waals surface area contributed by atoms with E-state index in [9.17, 15) is 14.9 Å². The molecule has 1 heterocycles. The summed E-state index contributed by atoms with van der Waals surface area (Å²) in [4.78, 5) is 22.1. The summed E-state index contributed by atoms with van der Waals surface area (Å²) in [6.45, 7) is 1.62. The largest absolute Gasteiger partial charge is 0.389 e. The molecule has 0 N–H and O–H groups in total. The molecule has 0 aliphatic heterocycles. The third-order valence-corrected chi connectivity index (χ3v) is 2.90. The number of carbonyl (C=O) groups is 1. The van der Waals surface area contributed by atoms with E-state index in [4.69, 9.17) is 11.6 Å². The standard InChI is InChI=1S/C12H10ClN3O3/c1-8(15-6-5-11(14-15)16(18)19)12(17)9-3-2-4-10(13)7-9/h2-8H,1H3. The fourth-order valence-electron chi connectivity index (χ4n) is 1.64. The first-order chi connectivity index (χ1) is 8.99. The summed E-state index contributed by atoms with van der Waals surface area (Å²) in [6.07, 6.45) is 1.41. The van der Waals surface area contributed by atoms with Gasteiger partial charge in [-0.25, -0.2) is 0 Å². The maximum absolute atomic E-state index is 12.2. The number of hydrogen-bond donors (Lipinski definition) is 0. The molecule has 7 heteroatoms. The molecule has 0 saturated carbocycles. The summed E-state index contributed by atoms with van der Waals surface area (Å²) < 4.78 is 1.27. The molecule has 0 spiro atoms. The van der Waals surface area contributed by atoms with E-state index in [-0.39, 0.29) is 11.6 Å². The van der Waals surface area contributed by atoms with Gasteiger partial charge in [-0.1, -0.05) is 23.7 Å². The van der Waals surface area contributed by atoms with Gasteiger partial charge in [0.2, 0.25) is 0 Å². The predicted molar refractivity (Wildman–Crippen MR) is 69.4 cm³/mol. The Morgan fingerprint density at radius 1 is 1.47 bits per heavy atom. The first-order valence-electron chi connectivity index (χ1n) is 5.48. The predicted octanol–water partition coefficient (Wildman–Crippen LogP) is 2.89. The second-order valence-corrected chi connectivity index (χ2v) is 4.40. The molecule has 1 aromatic heterocycles. The van der Waals surface area contributed by atoms with Crippen molar-refractivity contribution in [1.29, 1.82) is 0 Å². The normalized spacial score (nSPS) is 12.1. The van der Waals surface area contributed by atoms with E-state index in [1.165, 1.54) is 16.9 Å². The molecule has 0 aliphatic rings. The van der Waals surface area contributed by atoms with Crippen molar-refractivity contribution < 1.29 is 9.72 Å². The van der Waals surface area contributed by atoms with E-state index in [1.807, 2.05) is 0 Å². The Morgan fingerprint density at radius 3 is 2.79 bits per heavy atom. The summed E-state index contributed by atoms with van der Waals surface area (Å²) in [5.74, 6) is -0.494. The highest BCUT2D eigenvalue weighted by Gasteiger charge is 2.22. The van der Waals surface area contributed by atoms with Crippen LogP contribution in [0.1, 0.15) is 23.3 Å². The molecule has 1 atom stereocenters. The molecule has 1 unspecified atom stereocenters. The monoisotopic (exact) mass is 279 g/mol. The first-order valence-corrected chi connectivity index (χ1v) is 5.86. The number of ketones is 1. The topological polar surface area (TPSA) is 78.0 Å². The van der Waals surface area contributed by atoms with Crippen molar-refractivity contribution in [3.8, 4) is 0 Å². The third-order valence-electron chi connectivity index (χ3n) is 2.67. The molecule has 0 aliphatic carbocycles. The zero-order valence-corrected chi connectivity index (χ0v) is 10.7. The Bertz CT molecular complexity index is 639. The lowest BCUT2D eigenvalue weighted by Crippen LogP contribution is -2.17. The van der Waals surface area contributed by atoms with Crippen LogP contribution >= 0.6 is 11.6 Å². The van der Waals surface area contributed by atoms with Crippen LogP contribution in [0.15, 0.2) is 36.5 Å². The molecule has 6 nitrogen and oxygen atoms in total. The fraction of sp³-hybridized carbons (Fsp3) is 0.167. The molecule has 0 fully saturated rings. The van der Waals surface area contributed by atoms with Crippen molar-refractivity contribution in [2.75, 3.05) is 0 Å². The molecule has 19 heavy (non-hydrogen) atoms. The molecule has 0 amide bonds. The molecule has 0 saturated heterocycles. The number of nitrogens with zero attached hydrogens (tertiary/aromatic N) is 3. The second kappa shape index (κ2) is 5.19. The average molecular weight is 280 g/mol. The lowest BCUT2D eigenvalue weighted by Gasteiger charge is -2.07. The molecule has 2 aromatic rings. The van der Waals surface area contributed by atoms with Crippen molar-refractivity contribution in [2.24, 2.45) is 0 Å². The van der Waals surface area contributed by atoms with Gasteiger partial charge < -0.3 is 10.1 Å². The van der Waals surface area contributed by atoms with Crippen molar-refractivity contribution in [3.05, 3.63) is 57.2 Å². The highest BCUT2D eigenvalue weighted by Crippen LogP contribution is 2.18. The zero-order valence-electron chi connectivity index (χ0n) is 9.99. The Hall–Kier alpha value is -2.21. The van der Waals surface area contributed by atoms with E-state index in [0.29, 0.717) is 10.6 Å². The molecule has 0 bridgehead atoms. The second-order valence-electron chi connectivity index (χ2n) is 3.96. The van der Waals surface area contributed by atoms with Crippen molar-refractivity contribution >= 4 is 23.2 Å². The van der Waals surface area contributed by atoms with Gasteiger partial charge in [-0.3, -0.25) is 4.79 Å². The number of rotatable bonds is 4. The lowest BCUT2D eigenvalue weighted by atomic mass is 10.1. The van der Waals surface area contributed by atoms with Crippen molar-refractivity contribution in [3.63, 3.8) is 0 Å². The quantitative estimate of drug-likeness (QED) is 0.490. The molecule has 98 valence electrons. The summed E-state index contributed by atoms with van der Waals surface area (Å²) in [5.41, 5.74) is 0.443. The fourth-order valence-corrected chi connectivity index (χ4v) is 1.83. The maximum atomic E-state index is 12.2. The Balaban J connectivity index is 2.25. The summed E-state index contributed by atoms with van der Waals surface area (Å²) in [7, 11) is 0. The molecule has 2 rings (SSSR count). The lowest BCUT2D eigenvalue weighted by molar-refractivity contribution is -0.389. The number of nitro groups is 1. The minimum atomic E-state index is -0.632. The summed E-state index contributed by atoms with van der Waals surface area (Å²) in [6, 6.07) is 7.16. The van der Waals surface area contributed by atoms with Crippen molar-refractivity contribution in [2.45, 2.75) is 13.0 Å². The zero-order chi connectivity index (χ0) is 14.0. The van der Waals surface area contributed by atoms with Gasteiger partial charge in [0, 0.05) is 10.6 Å². The minimum Gasteiger partial charge on any atom is -0.358 e. The van der Waals surface area contributed by atoms with Gasteiger partial charge in [0.1, 0.15) is 6.04 Å². The Morgan fingerprint density at radius 2 is 2.21 bits per heavy atom. The highest BCUT2D eigenvalue weighted by molar-refractivity contribution is 6.31. The first kappa shape index (κ1) is 13.2. The Labute approximate surface area is 113 Å². The van der Waals surface area contributed by atoms with Gasteiger partial charge in [-0.15, -0.1) is 0 Å². The molecule has 0 radical (unpaired) electrons. The average Bonchev–Trinajstić information content (AvgIpc) is 2.86. The van der Waals surface area contributed by atoms with Gasteiger partial charge >= 0.3 is 5.82 Å². The van der Waals surface area contributed by atoms with Crippen LogP contribution < -0.4 is 0 Å². The number of aromatic nitrogens is 2. The van der Waals surface area contributed by atoms with Crippen LogP contribution in [0.3, 0.4) is 0 Å². The number of Topliss-reactive ketones (excluding diaryl/α,β-unsaturated/α-hetero) is 1. The van der Waals surface area contributed by atoms with E-state index in [0.717, 1.165) is 0 Å². The third kappa shape index (κ3) is 2.79. The number of hydrogen-bond acceptors (Lipinski definition) is 4. The molecular formula is C12H10ClN3O3. The van der Waals surface area contributed by atoms with Crippen LogP contribution in [-0.4, -0.2) is 20.5 Å². The van der Waals surface area contributed by atoms with Crippen LogP contribution in [-0.2, 0) is 0 Å². The highest BCUT2D eigenvalue weighted by atomic mass is 35.5. The summed E-state index contributed by atoms with van der Waals surface area (Å²) in [5, 5.41) is 14.8.